The molecule has 9 rings (SSSR count). The van der Waals surface area contributed by atoms with Gasteiger partial charge in [0.1, 0.15) is 52.8 Å². The molecule has 0 aliphatic carbocycles. The van der Waals surface area contributed by atoms with Crippen LogP contribution in [0.2, 0.25) is 0 Å². The number of aromatic nitrogens is 3. The van der Waals surface area contributed by atoms with Crippen molar-refractivity contribution in [2.45, 2.75) is 94.6 Å². The number of hydrogen-bond acceptors (Lipinski definition) is 12. The van der Waals surface area contributed by atoms with E-state index in [-0.39, 0.29) is 101 Å². The van der Waals surface area contributed by atoms with Crippen molar-refractivity contribution in [3.8, 4) is 41.2 Å². The number of aliphatic hydroxyl groups is 1. The van der Waals surface area contributed by atoms with E-state index in [2.05, 4.69) is 15.7 Å². The molecule has 1 amide bonds. The van der Waals surface area contributed by atoms with Gasteiger partial charge in [-0.05, 0) is 89.4 Å². The molecule has 2 aromatic heterocycles. The molecule has 5 aliphatic rings. The SMILES string of the molecule is C#Cc1c(F)ccc2cc(OCOC)cc(-c3nc4c5c(nc(OC[C@@]67CCCN6C(CO)CC7)nc5c3F)N3C[C@H]5CC[C@@H]([C@H]3CO4)N5C(=O)OC(C)(C)C)c12. The van der Waals surface area contributed by atoms with Crippen LogP contribution < -0.4 is 19.1 Å². The molecular weight excluding hydrogens is 738 g/mol. The van der Waals surface area contributed by atoms with Crippen LogP contribution in [0.25, 0.3) is 32.9 Å². The molecule has 4 fully saturated rings. The Morgan fingerprint density at radius 3 is 2.70 bits per heavy atom. The number of anilines is 1. The van der Waals surface area contributed by atoms with E-state index in [1.165, 1.54) is 13.2 Å². The van der Waals surface area contributed by atoms with Gasteiger partial charge in [-0.1, -0.05) is 12.0 Å². The molecular formula is C42H46F2N6O7. The number of rotatable bonds is 8. The molecule has 0 saturated carbocycles. The van der Waals surface area contributed by atoms with E-state index in [0.717, 1.165) is 38.6 Å². The number of benzene rings is 2. The van der Waals surface area contributed by atoms with Gasteiger partial charge in [0.05, 0.1) is 35.8 Å². The van der Waals surface area contributed by atoms with Crippen molar-refractivity contribution in [2.75, 3.05) is 51.7 Å². The standard InChI is InChI=1S/C42H46F2N6O7/c1-6-27-29(43)10-8-23-16-26(56-22-53-5)17-28(32(23)27)35-34(44)36-33-37(47-39(46-36)55-21-42-13-7-15-49(42)25(19-51)12-14-42)48-18-24-9-11-30(31(48)20-54-38(33)45-35)50(24)40(52)57-41(2,3)4/h1,8,10,16-17,24-25,30-31,51H,7,9,11-15,18-22H2,2-5H3/t24-,25?,30+,31-,42+/m1/s1. The largest absolute Gasteiger partial charge is 0.475 e. The van der Waals surface area contributed by atoms with E-state index in [0.29, 0.717) is 29.9 Å². The topological polar surface area (TPSA) is 132 Å². The third-order valence-corrected chi connectivity index (χ3v) is 12.3. The van der Waals surface area contributed by atoms with Crippen LogP contribution in [0.4, 0.5) is 19.4 Å². The first kappa shape index (κ1) is 37.5. The van der Waals surface area contributed by atoms with Crippen molar-refractivity contribution in [2.24, 2.45) is 0 Å². The maximum absolute atomic E-state index is 17.6. The number of carbonyl (C=O) groups excluding carboxylic acids is 1. The van der Waals surface area contributed by atoms with Gasteiger partial charge in [-0.3, -0.25) is 9.80 Å². The zero-order chi connectivity index (χ0) is 39.8. The number of ether oxygens (including phenoxy) is 5. The van der Waals surface area contributed by atoms with Crippen LogP contribution in [0.5, 0.6) is 17.6 Å². The normalized spacial score (nSPS) is 25.2. The fraction of sp³-hybridized carbons (Fsp3) is 0.524. The quantitative estimate of drug-likeness (QED) is 0.171. The summed E-state index contributed by atoms with van der Waals surface area (Å²) in [6.45, 7) is 7.10. The summed E-state index contributed by atoms with van der Waals surface area (Å²) in [4.78, 5) is 34.4. The highest BCUT2D eigenvalue weighted by Crippen LogP contribution is 2.47. The van der Waals surface area contributed by atoms with Crippen LogP contribution in [0.15, 0.2) is 24.3 Å². The van der Waals surface area contributed by atoms with Crippen molar-refractivity contribution in [3.05, 3.63) is 41.5 Å². The summed E-state index contributed by atoms with van der Waals surface area (Å²) in [6, 6.07) is 5.20. The second-order valence-corrected chi connectivity index (χ2v) is 16.7. The van der Waals surface area contributed by atoms with Crippen LogP contribution in [0.1, 0.15) is 64.9 Å². The Kier molecular flexibility index (Phi) is 9.29. The van der Waals surface area contributed by atoms with E-state index in [9.17, 15) is 9.90 Å². The Bertz CT molecular complexity index is 2320. The molecule has 2 bridgehead atoms. The summed E-state index contributed by atoms with van der Waals surface area (Å²) >= 11 is 0. The van der Waals surface area contributed by atoms with Gasteiger partial charge in [0.15, 0.2) is 12.6 Å². The summed E-state index contributed by atoms with van der Waals surface area (Å²) in [5, 5.41) is 11.1. The highest BCUT2D eigenvalue weighted by Gasteiger charge is 2.53. The fourth-order valence-corrected chi connectivity index (χ4v) is 9.86. The van der Waals surface area contributed by atoms with Gasteiger partial charge >= 0.3 is 12.1 Å². The van der Waals surface area contributed by atoms with E-state index in [4.69, 9.17) is 45.1 Å². The first-order chi connectivity index (χ1) is 27.4. The molecule has 2 aromatic carbocycles. The van der Waals surface area contributed by atoms with E-state index in [1.54, 1.807) is 18.2 Å². The van der Waals surface area contributed by atoms with Gasteiger partial charge in [0.2, 0.25) is 5.88 Å². The molecule has 13 nitrogen and oxygen atoms in total. The van der Waals surface area contributed by atoms with Gasteiger partial charge in [0.25, 0.3) is 0 Å². The number of piperazine rings is 1. The number of aliphatic hydroxyl groups excluding tert-OH is 1. The first-order valence-corrected chi connectivity index (χ1v) is 19.6. The Balaban J connectivity index is 1.21. The van der Waals surface area contributed by atoms with Crippen molar-refractivity contribution < 1.29 is 42.4 Å². The number of fused-ring (bicyclic) bond motifs is 7. The third kappa shape index (κ3) is 6.24. The van der Waals surface area contributed by atoms with Gasteiger partial charge in [0, 0.05) is 30.6 Å². The maximum Gasteiger partial charge on any atom is 0.410 e. The van der Waals surface area contributed by atoms with Gasteiger partial charge in [-0.2, -0.15) is 9.97 Å². The predicted octanol–water partition coefficient (Wildman–Crippen LogP) is 5.80. The third-order valence-electron chi connectivity index (χ3n) is 12.3. The van der Waals surface area contributed by atoms with Gasteiger partial charge in [-0.15, -0.1) is 6.42 Å². The lowest BCUT2D eigenvalue weighted by molar-refractivity contribution is 0.00537. The first-order valence-electron chi connectivity index (χ1n) is 19.6. The Morgan fingerprint density at radius 2 is 1.93 bits per heavy atom. The lowest BCUT2D eigenvalue weighted by Gasteiger charge is -2.46. The number of halogens is 2. The van der Waals surface area contributed by atoms with Crippen molar-refractivity contribution in [1.29, 1.82) is 0 Å². The Hall–Kier alpha value is -5.04. The number of carbonyl (C=O) groups is 1. The number of nitrogens with zero attached hydrogens (tertiary/aromatic N) is 6. The zero-order valence-corrected chi connectivity index (χ0v) is 32.5. The molecule has 4 saturated heterocycles. The van der Waals surface area contributed by atoms with Gasteiger partial charge < -0.3 is 33.7 Å². The van der Waals surface area contributed by atoms with Crippen molar-refractivity contribution in [3.63, 3.8) is 0 Å². The molecule has 15 heteroatoms. The maximum atomic E-state index is 17.6. The second-order valence-electron chi connectivity index (χ2n) is 16.7. The molecule has 5 aliphatic heterocycles. The lowest BCUT2D eigenvalue weighted by atomic mass is 9.95. The average Bonchev–Trinajstić information content (AvgIpc) is 3.83. The van der Waals surface area contributed by atoms with Crippen molar-refractivity contribution in [1.82, 2.24) is 24.8 Å². The molecule has 1 N–H and O–H groups in total. The smallest absolute Gasteiger partial charge is 0.410 e. The second kappa shape index (κ2) is 14.1. The number of pyridine rings is 1. The summed E-state index contributed by atoms with van der Waals surface area (Å²) in [5.41, 5.74) is -1.14. The van der Waals surface area contributed by atoms with Crippen LogP contribution in [0, 0.1) is 24.0 Å². The molecule has 1 unspecified atom stereocenters. The minimum atomic E-state index is -0.807. The van der Waals surface area contributed by atoms with E-state index >= 15 is 8.78 Å². The molecule has 7 heterocycles. The van der Waals surface area contributed by atoms with Crippen LogP contribution in [-0.4, -0.2) is 118 Å². The predicted molar refractivity (Wildman–Crippen MR) is 206 cm³/mol. The van der Waals surface area contributed by atoms with Crippen LogP contribution in [0.3, 0.4) is 0 Å². The molecule has 4 aromatic rings. The lowest BCUT2D eigenvalue weighted by Crippen LogP contribution is -2.63. The van der Waals surface area contributed by atoms with Gasteiger partial charge in [-0.25, -0.2) is 18.6 Å². The number of terminal acetylenes is 1. The highest BCUT2D eigenvalue weighted by atomic mass is 19.1. The molecule has 5 atom stereocenters. The Morgan fingerprint density at radius 1 is 1.09 bits per heavy atom. The number of methoxy groups -OCH3 is 1. The van der Waals surface area contributed by atoms with Crippen LogP contribution in [-0.2, 0) is 9.47 Å². The summed E-state index contributed by atoms with van der Waals surface area (Å²) in [6.07, 6.45) is 10.5. The summed E-state index contributed by atoms with van der Waals surface area (Å²) in [5.74, 6) is 1.78. The molecule has 0 spiro atoms. The Labute approximate surface area is 329 Å². The minimum absolute atomic E-state index is 0.0202. The number of amides is 1. The highest BCUT2D eigenvalue weighted by molar-refractivity contribution is 6.04. The fourth-order valence-electron chi connectivity index (χ4n) is 9.86. The monoisotopic (exact) mass is 784 g/mol. The zero-order valence-electron chi connectivity index (χ0n) is 32.5. The van der Waals surface area contributed by atoms with E-state index in [1.807, 2.05) is 25.7 Å². The van der Waals surface area contributed by atoms with E-state index < -0.39 is 23.3 Å². The minimum Gasteiger partial charge on any atom is -0.475 e. The summed E-state index contributed by atoms with van der Waals surface area (Å²) < 4.78 is 62.7. The number of hydrogen-bond donors (Lipinski definition) is 1. The van der Waals surface area contributed by atoms with Crippen LogP contribution >= 0.6 is 0 Å². The summed E-state index contributed by atoms with van der Waals surface area (Å²) in [7, 11) is 1.48. The molecule has 300 valence electrons. The molecule has 0 radical (unpaired) electrons. The average molecular weight is 785 g/mol. The molecule has 57 heavy (non-hydrogen) atoms. The van der Waals surface area contributed by atoms with Crippen molar-refractivity contribution >= 4 is 33.6 Å².